The summed E-state index contributed by atoms with van der Waals surface area (Å²) < 4.78 is 32.9. The van der Waals surface area contributed by atoms with Gasteiger partial charge in [0, 0.05) is 31.7 Å². The number of amides is 3. The third kappa shape index (κ3) is 7.79. The molecule has 1 aliphatic heterocycles. The van der Waals surface area contributed by atoms with Crippen LogP contribution in [0.3, 0.4) is 0 Å². The van der Waals surface area contributed by atoms with Crippen molar-refractivity contribution in [3.05, 3.63) is 24.3 Å². The van der Waals surface area contributed by atoms with E-state index in [2.05, 4.69) is 15.4 Å². The van der Waals surface area contributed by atoms with E-state index in [1.54, 1.807) is 25.7 Å². The maximum absolute atomic E-state index is 12.6. The van der Waals surface area contributed by atoms with Crippen molar-refractivity contribution in [2.24, 2.45) is 0 Å². The zero-order chi connectivity index (χ0) is 24.1. The largest absolute Gasteiger partial charge is 0.444 e. The molecule has 3 amide bonds. The third-order valence-corrected chi connectivity index (χ3v) is 6.26. The maximum Gasteiger partial charge on any atom is 0.410 e. The molecule has 1 saturated heterocycles. The molecule has 1 aromatic carbocycles. The van der Waals surface area contributed by atoms with Crippen LogP contribution in [0.2, 0.25) is 0 Å². The molecule has 1 atom stereocenters. The number of likely N-dealkylation sites (tertiary alicyclic amines) is 1. The molecule has 1 heterocycles. The van der Waals surface area contributed by atoms with Crippen LogP contribution in [0.15, 0.2) is 29.2 Å². The van der Waals surface area contributed by atoms with Gasteiger partial charge in [-0.1, -0.05) is 0 Å². The summed E-state index contributed by atoms with van der Waals surface area (Å²) in [7, 11) is -3.92. The Balaban J connectivity index is 1.86. The number of hydrogen-bond acceptors (Lipinski definition) is 6. The Labute approximate surface area is 189 Å². The van der Waals surface area contributed by atoms with E-state index in [9.17, 15) is 22.8 Å². The Kier molecular flexibility index (Phi) is 8.24. The molecule has 3 N–H and O–H groups in total. The number of rotatable bonds is 6. The average Bonchev–Trinajstić information content (AvgIpc) is 2.66. The van der Waals surface area contributed by atoms with Gasteiger partial charge in [-0.15, -0.1) is 0 Å². The Morgan fingerprint density at radius 1 is 1.09 bits per heavy atom. The molecule has 2 rings (SSSR count). The molecule has 1 aromatic rings. The molecule has 10 nitrogen and oxygen atoms in total. The molecule has 0 aromatic heterocycles. The van der Waals surface area contributed by atoms with Crippen molar-refractivity contribution in [2.75, 3.05) is 18.4 Å². The first-order valence-electron chi connectivity index (χ1n) is 10.4. The molecule has 0 saturated carbocycles. The summed E-state index contributed by atoms with van der Waals surface area (Å²) in [6, 6.07) is 4.50. The van der Waals surface area contributed by atoms with Crippen LogP contribution in [0.4, 0.5) is 10.5 Å². The second-order valence-electron chi connectivity index (χ2n) is 8.80. The number of anilines is 1. The van der Waals surface area contributed by atoms with E-state index < -0.39 is 27.6 Å². The van der Waals surface area contributed by atoms with Crippen molar-refractivity contribution in [2.45, 2.75) is 70.0 Å². The first-order valence-corrected chi connectivity index (χ1v) is 11.9. The van der Waals surface area contributed by atoms with Crippen LogP contribution in [0.25, 0.3) is 0 Å². The lowest BCUT2D eigenvalue weighted by atomic mass is 10.1. The van der Waals surface area contributed by atoms with Crippen molar-refractivity contribution in [3.8, 4) is 0 Å². The van der Waals surface area contributed by atoms with E-state index in [1.165, 1.54) is 38.1 Å². The van der Waals surface area contributed by atoms with Crippen LogP contribution in [0, 0.1) is 0 Å². The minimum Gasteiger partial charge on any atom is -0.444 e. The van der Waals surface area contributed by atoms with Gasteiger partial charge >= 0.3 is 6.09 Å². The topological polar surface area (TPSA) is 134 Å². The van der Waals surface area contributed by atoms with Crippen LogP contribution in [-0.4, -0.2) is 62.0 Å². The van der Waals surface area contributed by atoms with Gasteiger partial charge in [0.2, 0.25) is 21.8 Å². The summed E-state index contributed by atoms with van der Waals surface area (Å²) in [5.74, 6) is -0.708. The number of carbonyl (C=O) groups excluding carboxylic acids is 3. The molecular formula is C21H32N4O6S. The maximum atomic E-state index is 12.6. The lowest BCUT2D eigenvalue weighted by Crippen LogP contribution is -2.52. The number of sulfonamides is 1. The Morgan fingerprint density at radius 3 is 2.16 bits per heavy atom. The van der Waals surface area contributed by atoms with Gasteiger partial charge in [0.25, 0.3) is 0 Å². The van der Waals surface area contributed by atoms with Crippen molar-refractivity contribution in [3.63, 3.8) is 0 Å². The molecular weight excluding hydrogens is 436 g/mol. The molecule has 1 fully saturated rings. The number of carbonyl (C=O) groups is 3. The standard InChI is InChI=1S/C21H32N4O6S/c1-14(24-32(29,30)18-8-6-16(7-9-18)22-15(2)26)19(27)23-17-10-12-25(13-11-17)20(28)31-21(3,4)5/h6-9,14,17,24H,10-13H2,1-5H3,(H,22,26)(H,23,27)/t14-/m0/s1. The van der Waals surface area contributed by atoms with Gasteiger partial charge in [-0.25, -0.2) is 13.2 Å². The zero-order valence-corrected chi connectivity index (χ0v) is 19.9. The van der Waals surface area contributed by atoms with Crippen LogP contribution in [-0.2, 0) is 24.3 Å². The Hall–Kier alpha value is -2.66. The number of hydrogen-bond donors (Lipinski definition) is 3. The summed E-state index contributed by atoms with van der Waals surface area (Å²) in [4.78, 5) is 37.3. The highest BCUT2D eigenvalue weighted by Gasteiger charge is 2.29. The van der Waals surface area contributed by atoms with Crippen LogP contribution in [0.1, 0.15) is 47.5 Å². The predicted octanol–water partition coefficient (Wildman–Crippen LogP) is 1.83. The van der Waals surface area contributed by atoms with Gasteiger partial charge < -0.3 is 20.3 Å². The van der Waals surface area contributed by atoms with E-state index in [4.69, 9.17) is 4.74 Å². The monoisotopic (exact) mass is 468 g/mol. The lowest BCUT2D eigenvalue weighted by Gasteiger charge is -2.34. The van der Waals surface area contributed by atoms with Crippen molar-refractivity contribution < 1.29 is 27.5 Å². The Morgan fingerprint density at radius 2 is 1.66 bits per heavy atom. The quantitative estimate of drug-likeness (QED) is 0.583. The van der Waals surface area contributed by atoms with Crippen molar-refractivity contribution in [1.29, 1.82) is 0 Å². The summed E-state index contributed by atoms with van der Waals surface area (Å²) in [6.45, 7) is 9.12. The van der Waals surface area contributed by atoms with Crippen LogP contribution < -0.4 is 15.4 Å². The van der Waals surface area contributed by atoms with Gasteiger partial charge in [-0.2, -0.15) is 4.72 Å². The van der Waals surface area contributed by atoms with Gasteiger partial charge in [0.15, 0.2) is 0 Å². The Bertz CT molecular complexity index is 932. The summed E-state index contributed by atoms with van der Waals surface area (Å²) in [5.41, 5.74) is -0.0982. The van der Waals surface area contributed by atoms with Gasteiger partial charge in [0.05, 0.1) is 10.9 Å². The van der Waals surface area contributed by atoms with Crippen molar-refractivity contribution in [1.82, 2.24) is 14.9 Å². The fourth-order valence-corrected chi connectivity index (χ4v) is 4.34. The van der Waals surface area contributed by atoms with E-state index in [0.29, 0.717) is 31.6 Å². The second kappa shape index (κ2) is 10.3. The first-order chi connectivity index (χ1) is 14.8. The van der Waals surface area contributed by atoms with Crippen LogP contribution in [0.5, 0.6) is 0 Å². The fourth-order valence-electron chi connectivity index (χ4n) is 3.13. The second-order valence-corrected chi connectivity index (χ2v) is 10.5. The number of piperidine rings is 1. The van der Waals surface area contributed by atoms with Crippen molar-refractivity contribution >= 4 is 33.6 Å². The zero-order valence-electron chi connectivity index (χ0n) is 19.1. The lowest BCUT2D eigenvalue weighted by molar-refractivity contribution is -0.123. The molecule has 0 unspecified atom stereocenters. The van der Waals surface area contributed by atoms with Gasteiger partial charge in [-0.3, -0.25) is 9.59 Å². The third-order valence-electron chi connectivity index (χ3n) is 4.70. The molecule has 0 radical (unpaired) electrons. The summed E-state index contributed by atoms with van der Waals surface area (Å²) >= 11 is 0. The van der Waals surface area contributed by atoms with E-state index in [1.807, 2.05) is 0 Å². The minimum absolute atomic E-state index is 0.0167. The van der Waals surface area contributed by atoms with Gasteiger partial charge in [0.1, 0.15) is 5.60 Å². The normalized spacial score (nSPS) is 16.2. The highest BCUT2D eigenvalue weighted by Crippen LogP contribution is 2.17. The molecule has 0 bridgehead atoms. The van der Waals surface area contributed by atoms with Gasteiger partial charge in [-0.05, 0) is 64.8 Å². The van der Waals surface area contributed by atoms with E-state index in [0.717, 1.165) is 0 Å². The molecule has 1 aliphatic rings. The van der Waals surface area contributed by atoms with E-state index >= 15 is 0 Å². The number of benzene rings is 1. The van der Waals surface area contributed by atoms with Crippen LogP contribution >= 0.6 is 0 Å². The first kappa shape index (κ1) is 25.6. The molecule has 0 aliphatic carbocycles. The average molecular weight is 469 g/mol. The molecule has 0 spiro atoms. The van der Waals surface area contributed by atoms with E-state index in [-0.39, 0.29) is 22.9 Å². The highest BCUT2D eigenvalue weighted by molar-refractivity contribution is 7.89. The smallest absolute Gasteiger partial charge is 0.410 e. The SMILES string of the molecule is CC(=O)Nc1ccc(S(=O)(=O)N[C@@H](C)C(=O)NC2CCN(C(=O)OC(C)(C)C)CC2)cc1. The molecule has 178 valence electrons. The molecule has 32 heavy (non-hydrogen) atoms. The highest BCUT2D eigenvalue weighted by atomic mass is 32.2. The number of nitrogens with one attached hydrogen (secondary N) is 3. The fraction of sp³-hybridized carbons (Fsp3) is 0.571. The minimum atomic E-state index is -3.92. The predicted molar refractivity (Wildman–Crippen MR) is 120 cm³/mol. The molecule has 11 heteroatoms. The number of nitrogens with zero attached hydrogens (tertiary/aromatic N) is 1. The number of ether oxygens (including phenoxy) is 1. The summed E-state index contributed by atoms with van der Waals surface area (Å²) in [6.07, 6.45) is 0.720. The summed E-state index contributed by atoms with van der Waals surface area (Å²) in [5, 5.41) is 5.40.